The first-order valence-corrected chi connectivity index (χ1v) is 7.66. The molecule has 0 saturated heterocycles. The van der Waals surface area contributed by atoms with Gasteiger partial charge in [0.15, 0.2) is 0 Å². The van der Waals surface area contributed by atoms with Crippen LogP contribution in [0.3, 0.4) is 0 Å². The van der Waals surface area contributed by atoms with Gasteiger partial charge in [-0.1, -0.05) is 12.1 Å². The molecule has 0 saturated carbocycles. The Kier molecular flexibility index (Phi) is 7.03. The highest BCUT2D eigenvalue weighted by Crippen LogP contribution is 2.18. The van der Waals surface area contributed by atoms with Crippen LogP contribution < -0.4 is 10.2 Å². The summed E-state index contributed by atoms with van der Waals surface area (Å²) in [5, 5.41) is 12.6. The van der Waals surface area contributed by atoms with Crippen LogP contribution in [0.5, 0.6) is 0 Å². The summed E-state index contributed by atoms with van der Waals surface area (Å²) in [6.07, 6.45) is 3.28. The van der Waals surface area contributed by atoms with Gasteiger partial charge in [0.05, 0.1) is 6.61 Å². The predicted molar refractivity (Wildman–Crippen MR) is 87.5 cm³/mol. The van der Waals surface area contributed by atoms with Crippen molar-refractivity contribution in [1.82, 2.24) is 5.32 Å². The van der Waals surface area contributed by atoms with Crippen LogP contribution in [0.25, 0.3) is 0 Å². The molecule has 0 bridgehead atoms. The van der Waals surface area contributed by atoms with E-state index in [9.17, 15) is 5.11 Å². The second-order valence-corrected chi connectivity index (χ2v) is 5.84. The molecule has 1 rings (SSSR count). The number of anilines is 1. The minimum absolute atomic E-state index is 0.139. The van der Waals surface area contributed by atoms with Crippen LogP contribution in [0, 0.1) is 6.92 Å². The van der Waals surface area contributed by atoms with Gasteiger partial charge in [-0.05, 0) is 64.8 Å². The molecule has 114 valence electrons. The fraction of sp³-hybridized carbons (Fsp3) is 0.647. The summed E-state index contributed by atoms with van der Waals surface area (Å²) in [5.41, 5.74) is 2.48. The molecular weight excluding hydrogens is 248 g/mol. The molecule has 0 aliphatic heterocycles. The molecule has 2 N–H and O–H groups in total. The first kappa shape index (κ1) is 17.0. The van der Waals surface area contributed by atoms with Crippen LogP contribution in [0.1, 0.15) is 38.7 Å². The van der Waals surface area contributed by atoms with Crippen LogP contribution >= 0.6 is 0 Å². The average Bonchev–Trinajstić information content (AvgIpc) is 2.47. The average molecular weight is 278 g/mol. The van der Waals surface area contributed by atoms with E-state index < -0.39 is 0 Å². The Morgan fingerprint density at radius 3 is 2.60 bits per heavy atom. The van der Waals surface area contributed by atoms with E-state index in [1.165, 1.54) is 11.3 Å². The molecule has 20 heavy (non-hydrogen) atoms. The smallest absolute Gasteiger partial charge is 0.0610 e. The first-order chi connectivity index (χ1) is 9.54. The third kappa shape index (κ3) is 5.14. The van der Waals surface area contributed by atoms with Crippen LogP contribution in [0.2, 0.25) is 0 Å². The normalized spacial score (nSPS) is 14.1. The van der Waals surface area contributed by atoms with Crippen LogP contribution in [0.15, 0.2) is 24.3 Å². The Morgan fingerprint density at radius 2 is 2.05 bits per heavy atom. The zero-order chi connectivity index (χ0) is 15.0. The van der Waals surface area contributed by atoms with Gasteiger partial charge in [-0.25, -0.2) is 0 Å². The molecule has 3 nitrogen and oxygen atoms in total. The third-order valence-electron chi connectivity index (χ3n) is 4.11. The molecule has 1 aromatic carbocycles. The lowest BCUT2D eigenvalue weighted by atomic mass is 9.96. The van der Waals surface area contributed by atoms with Crippen LogP contribution in [-0.2, 0) is 0 Å². The number of aliphatic hydroxyl groups excluding tert-OH is 1. The maximum absolute atomic E-state index is 9.38. The number of nitrogens with zero attached hydrogens (tertiary/aromatic N) is 1. The van der Waals surface area contributed by atoms with Gasteiger partial charge in [-0.3, -0.25) is 0 Å². The molecule has 0 heterocycles. The molecule has 0 amide bonds. The Morgan fingerprint density at radius 1 is 1.30 bits per heavy atom. The molecule has 1 aromatic rings. The van der Waals surface area contributed by atoms with Gasteiger partial charge in [0.1, 0.15) is 0 Å². The van der Waals surface area contributed by atoms with E-state index in [4.69, 9.17) is 0 Å². The molecule has 3 heteroatoms. The second-order valence-electron chi connectivity index (χ2n) is 5.84. The van der Waals surface area contributed by atoms with Crippen molar-refractivity contribution < 1.29 is 5.11 Å². The summed E-state index contributed by atoms with van der Waals surface area (Å²) in [7, 11) is 1.92. The summed E-state index contributed by atoms with van der Waals surface area (Å²) in [6, 6.07) is 8.69. The lowest BCUT2D eigenvalue weighted by molar-refractivity contribution is 0.171. The number of aryl methyl sites for hydroxylation is 1. The highest BCUT2D eigenvalue weighted by Gasteiger charge is 2.19. The number of likely N-dealkylation sites (N-methyl/N-ethyl adjacent to an activating group) is 1. The first-order valence-electron chi connectivity index (χ1n) is 7.66. The number of unbranched alkanes of at least 4 members (excludes halogenated alkanes) is 1. The van der Waals surface area contributed by atoms with Crippen molar-refractivity contribution in [3.05, 3.63) is 29.8 Å². The zero-order valence-corrected chi connectivity index (χ0v) is 13.4. The number of hydrogen-bond donors (Lipinski definition) is 2. The van der Waals surface area contributed by atoms with Crippen molar-refractivity contribution in [2.75, 3.05) is 31.6 Å². The van der Waals surface area contributed by atoms with Crippen molar-refractivity contribution in [1.29, 1.82) is 0 Å². The van der Waals surface area contributed by atoms with Crippen molar-refractivity contribution in [2.24, 2.45) is 0 Å². The predicted octanol–water partition coefficient (Wildman–Crippen LogP) is 2.96. The zero-order valence-electron chi connectivity index (χ0n) is 13.4. The monoisotopic (exact) mass is 278 g/mol. The maximum atomic E-state index is 9.38. The fourth-order valence-corrected chi connectivity index (χ4v) is 2.40. The van der Waals surface area contributed by atoms with Crippen molar-refractivity contribution >= 4 is 5.69 Å². The van der Waals surface area contributed by atoms with Crippen molar-refractivity contribution in [3.63, 3.8) is 0 Å². The van der Waals surface area contributed by atoms with Gasteiger partial charge in [0.25, 0.3) is 0 Å². The van der Waals surface area contributed by atoms with Gasteiger partial charge in [-0.2, -0.15) is 0 Å². The maximum Gasteiger partial charge on any atom is 0.0610 e. The topological polar surface area (TPSA) is 35.5 Å². The Balaban J connectivity index is 2.43. The number of benzene rings is 1. The summed E-state index contributed by atoms with van der Waals surface area (Å²) < 4.78 is 0. The Hall–Kier alpha value is -1.06. The summed E-state index contributed by atoms with van der Waals surface area (Å²) in [6.45, 7) is 8.71. The van der Waals surface area contributed by atoms with Gasteiger partial charge >= 0.3 is 0 Å². The molecule has 0 radical (unpaired) electrons. The largest absolute Gasteiger partial charge is 0.394 e. The fourth-order valence-electron chi connectivity index (χ4n) is 2.40. The number of hydrogen-bond acceptors (Lipinski definition) is 3. The number of rotatable bonds is 9. The van der Waals surface area contributed by atoms with Crippen LogP contribution in [-0.4, -0.2) is 37.4 Å². The molecule has 1 atom stereocenters. The summed E-state index contributed by atoms with van der Waals surface area (Å²) in [4.78, 5) is 2.42. The molecule has 0 aliphatic rings. The van der Waals surface area contributed by atoms with E-state index in [-0.39, 0.29) is 12.1 Å². The minimum Gasteiger partial charge on any atom is -0.394 e. The Labute approximate surface area is 124 Å². The SMILES string of the molecule is CCN(CCCCC(C)(CO)NC)c1cccc(C)c1. The minimum atomic E-state index is -0.139. The molecule has 0 aromatic heterocycles. The van der Waals surface area contributed by atoms with Gasteiger partial charge < -0.3 is 15.3 Å². The molecule has 0 aliphatic carbocycles. The molecule has 0 spiro atoms. The Bertz CT molecular complexity index is 388. The van der Waals surface area contributed by atoms with E-state index >= 15 is 0 Å². The van der Waals surface area contributed by atoms with Gasteiger partial charge in [0.2, 0.25) is 0 Å². The molecule has 1 unspecified atom stereocenters. The summed E-state index contributed by atoms with van der Waals surface area (Å²) >= 11 is 0. The number of aliphatic hydroxyl groups is 1. The van der Waals surface area contributed by atoms with E-state index in [1.807, 2.05) is 7.05 Å². The lowest BCUT2D eigenvalue weighted by Gasteiger charge is -2.28. The van der Waals surface area contributed by atoms with Crippen LogP contribution in [0.4, 0.5) is 5.69 Å². The van der Waals surface area contributed by atoms with Crippen molar-refractivity contribution in [2.45, 2.75) is 45.6 Å². The number of nitrogens with one attached hydrogen (secondary N) is 1. The van der Waals surface area contributed by atoms with Gasteiger partial charge in [0, 0.05) is 24.3 Å². The quantitative estimate of drug-likeness (QED) is 0.682. The van der Waals surface area contributed by atoms with E-state index in [1.54, 1.807) is 0 Å². The standard InChI is InChI=1S/C17H30N2O/c1-5-19(16-10-8-9-15(2)13-16)12-7-6-11-17(3,14-20)18-4/h8-10,13,18,20H,5-7,11-12,14H2,1-4H3. The van der Waals surface area contributed by atoms with Gasteiger partial charge in [-0.15, -0.1) is 0 Å². The van der Waals surface area contributed by atoms with E-state index in [0.29, 0.717) is 0 Å². The highest BCUT2D eigenvalue weighted by atomic mass is 16.3. The highest BCUT2D eigenvalue weighted by molar-refractivity contribution is 5.48. The van der Waals surface area contributed by atoms with E-state index in [2.05, 4.69) is 55.3 Å². The van der Waals surface area contributed by atoms with E-state index in [0.717, 1.165) is 32.4 Å². The molecular formula is C17H30N2O. The van der Waals surface area contributed by atoms with Crippen molar-refractivity contribution in [3.8, 4) is 0 Å². The second kappa shape index (κ2) is 8.28. The molecule has 0 fully saturated rings. The third-order valence-corrected chi connectivity index (χ3v) is 4.11. The lowest BCUT2D eigenvalue weighted by Crippen LogP contribution is -2.43. The summed E-state index contributed by atoms with van der Waals surface area (Å²) in [5.74, 6) is 0.